The Labute approximate surface area is 192 Å². The van der Waals surface area contributed by atoms with Gasteiger partial charge in [-0.25, -0.2) is 8.78 Å². The van der Waals surface area contributed by atoms with Crippen LogP contribution < -0.4 is 0 Å². The third-order valence-electron chi connectivity index (χ3n) is 6.90. The summed E-state index contributed by atoms with van der Waals surface area (Å²) in [5.41, 5.74) is 0.0954. The molecule has 0 spiro atoms. The first-order valence-electron chi connectivity index (χ1n) is 12.3. The molecule has 2 atom stereocenters. The van der Waals surface area contributed by atoms with E-state index in [1.807, 2.05) is 11.0 Å². The number of benzene rings is 1. The minimum Gasteiger partial charge on any atom is -0.336 e. The Kier molecular flexibility index (Phi) is 11.1. The largest absolute Gasteiger partial charge is 0.336 e. The number of likely N-dealkylation sites (tertiary alicyclic amines) is 1. The van der Waals surface area contributed by atoms with Crippen molar-refractivity contribution < 1.29 is 13.6 Å². The maximum atomic E-state index is 15.4. The van der Waals surface area contributed by atoms with Crippen LogP contribution in [-0.4, -0.2) is 30.1 Å². The van der Waals surface area contributed by atoms with Crippen LogP contribution in [0.15, 0.2) is 42.5 Å². The van der Waals surface area contributed by atoms with E-state index in [4.69, 9.17) is 5.41 Å². The van der Waals surface area contributed by atoms with Gasteiger partial charge in [0, 0.05) is 24.4 Å². The van der Waals surface area contributed by atoms with Crippen LogP contribution in [0.5, 0.6) is 0 Å². The van der Waals surface area contributed by atoms with Crippen LogP contribution in [0.4, 0.5) is 8.78 Å². The summed E-state index contributed by atoms with van der Waals surface area (Å²) in [6.07, 6.45) is 14.8. The second-order valence-electron chi connectivity index (χ2n) is 9.05. The Morgan fingerprint density at radius 1 is 1.09 bits per heavy atom. The number of nitrogens with zero attached hydrogens (tertiary/aromatic N) is 1. The van der Waals surface area contributed by atoms with Gasteiger partial charge in [-0.2, -0.15) is 0 Å². The Balaban J connectivity index is 0.00000176. The lowest BCUT2D eigenvalue weighted by Gasteiger charge is -2.37. The third kappa shape index (κ3) is 6.98. The Bertz CT molecular complexity index is 703. The number of allylic oxidation sites excluding steroid dienone is 1. The number of halogens is 2. The van der Waals surface area contributed by atoms with Crippen molar-refractivity contribution in [1.82, 2.24) is 4.90 Å². The van der Waals surface area contributed by atoms with E-state index in [1.54, 1.807) is 24.3 Å². The fourth-order valence-corrected chi connectivity index (χ4v) is 4.78. The molecule has 1 saturated carbocycles. The summed E-state index contributed by atoms with van der Waals surface area (Å²) in [6, 6.07) is 8.18. The van der Waals surface area contributed by atoms with E-state index < -0.39 is 11.8 Å². The van der Waals surface area contributed by atoms with Gasteiger partial charge in [0.15, 0.2) is 0 Å². The molecule has 1 aromatic rings. The highest BCUT2D eigenvalue weighted by atomic mass is 19.3. The van der Waals surface area contributed by atoms with Gasteiger partial charge in [-0.1, -0.05) is 87.9 Å². The van der Waals surface area contributed by atoms with E-state index >= 15 is 8.78 Å². The fourth-order valence-electron chi connectivity index (χ4n) is 4.78. The molecule has 1 aliphatic heterocycles. The van der Waals surface area contributed by atoms with Crippen molar-refractivity contribution in [3.8, 4) is 0 Å². The molecule has 1 heterocycles. The van der Waals surface area contributed by atoms with Crippen molar-refractivity contribution in [3.05, 3.63) is 48.0 Å². The number of hydrogen-bond acceptors (Lipinski definition) is 2. The van der Waals surface area contributed by atoms with E-state index in [0.717, 1.165) is 45.1 Å². The van der Waals surface area contributed by atoms with Gasteiger partial charge in [0.1, 0.15) is 0 Å². The molecule has 2 unspecified atom stereocenters. The van der Waals surface area contributed by atoms with Gasteiger partial charge in [-0.05, 0) is 38.3 Å². The van der Waals surface area contributed by atoms with Crippen LogP contribution in [-0.2, 0) is 10.7 Å². The first kappa shape index (κ1) is 26.2. The molecule has 3 rings (SSSR count). The van der Waals surface area contributed by atoms with Crippen LogP contribution >= 0.6 is 0 Å². The molecular formula is C27H40F2N2O. The average molecular weight is 447 g/mol. The summed E-state index contributed by atoms with van der Waals surface area (Å²) in [6.45, 7) is 5.46. The number of nitrogens with one attached hydrogen (secondary N) is 1. The molecule has 3 nitrogen and oxygen atoms in total. The van der Waals surface area contributed by atoms with E-state index in [9.17, 15) is 4.79 Å². The maximum absolute atomic E-state index is 15.4. The van der Waals surface area contributed by atoms with Crippen LogP contribution in [0.1, 0.15) is 83.1 Å². The molecule has 2 fully saturated rings. The van der Waals surface area contributed by atoms with Crippen molar-refractivity contribution >= 4 is 12.6 Å². The predicted molar refractivity (Wildman–Crippen MR) is 128 cm³/mol. The Morgan fingerprint density at radius 2 is 1.75 bits per heavy atom. The molecule has 32 heavy (non-hydrogen) atoms. The van der Waals surface area contributed by atoms with Crippen LogP contribution in [0, 0.1) is 17.2 Å². The van der Waals surface area contributed by atoms with Crippen LogP contribution in [0.2, 0.25) is 0 Å². The zero-order chi connectivity index (χ0) is 23.4. The third-order valence-corrected chi connectivity index (χ3v) is 6.90. The molecule has 2 aliphatic rings. The highest BCUT2D eigenvalue weighted by Gasteiger charge is 2.45. The Hall–Kier alpha value is -2.04. The minimum absolute atomic E-state index is 0.0257. The van der Waals surface area contributed by atoms with Gasteiger partial charge >= 0.3 is 0 Å². The standard InChI is InChI=1S/C26H37F2NO.CH3N/c1-2-3-4-5-6-10-20-29-23(17-19-25(29)30)16-18-24(21-12-11-13-21)26(27,28)22-14-8-7-9-15-22;1-2/h7-9,14-16,18,21,23-24H,2-6,10-13,17,19-20H2,1H3;2H,1H2/b18-16+;. The molecule has 5 heteroatoms. The molecule has 1 N–H and O–H groups in total. The number of alkyl halides is 2. The normalized spacial score (nSPS) is 20.2. The number of hydrogen-bond donors (Lipinski definition) is 1. The second kappa shape index (κ2) is 13.5. The monoisotopic (exact) mass is 446 g/mol. The number of amides is 1. The number of unbranched alkanes of at least 4 members (excludes halogenated alkanes) is 5. The molecule has 0 aromatic heterocycles. The topological polar surface area (TPSA) is 44.2 Å². The van der Waals surface area contributed by atoms with Crippen molar-refractivity contribution in [2.45, 2.75) is 89.5 Å². The molecule has 0 radical (unpaired) electrons. The van der Waals surface area contributed by atoms with Crippen molar-refractivity contribution in [2.75, 3.05) is 6.54 Å². The average Bonchev–Trinajstić information content (AvgIpc) is 3.13. The zero-order valence-corrected chi connectivity index (χ0v) is 19.6. The summed E-state index contributed by atoms with van der Waals surface area (Å²) in [5, 5.41) is 5.50. The summed E-state index contributed by atoms with van der Waals surface area (Å²) in [7, 11) is 0. The second-order valence-corrected chi connectivity index (χ2v) is 9.05. The quantitative estimate of drug-likeness (QED) is 0.203. The first-order chi connectivity index (χ1) is 15.5. The summed E-state index contributed by atoms with van der Waals surface area (Å²) >= 11 is 0. The molecule has 1 aliphatic carbocycles. The smallest absolute Gasteiger partial charge is 0.279 e. The molecule has 178 valence electrons. The van der Waals surface area contributed by atoms with E-state index in [1.165, 1.54) is 37.8 Å². The van der Waals surface area contributed by atoms with Gasteiger partial charge in [0.2, 0.25) is 5.91 Å². The summed E-state index contributed by atoms with van der Waals surface area (Å²) < 4.78 is 30.7. The van der Waals surface area contributed by atoms with E-state index in [-0.39, 0.29) is 23.4 Å². The summed E-state index contributed by atoms with van der Waals surface area (Å²) in [5.74, 6) is -3.47. The maximum Gasteiger partial charge on any atom is 0.279 e. The van der Waals surface area contributed by atoms with Crippen molar-refractivity contribution in [1.29, 1.82) is 5.41 Å². The molecule has 0 bridgehead atoms. The zero-order valence-electron chi connectivity index (χ0n) is 19.6. The van der Waals surface area contributed by atoms with Crippen LogP contribution in [0.3, 0.4) is 0 Å². The lowest BCUT2D eigenvalue weighted by atomic mass is 9.71. The van der Waals surface area contributed by atoms with Gasteiger partial charge < -0.3 is 10.3 Å². The SMILES string of the molecule is C=N.CCCCCCCCN1C(=O)CCC1/C=C/C(C1CCC1)C(F)(F)c1ccccc1. The van der Waals surface area contributed by atoms with Gasteiger partial charge in [-0.3, -0.25) is 4.79 Å². The van der Waals surface area contributed by atoms with Gasteiger partial charge in [0.25, 0.3) is 5.92 Å². The first-order valence-corrected chi connectivity index (χ1v) is 12.3. The lowest BCUT2D eigenvalue weighted by molar-refractivity contribution is -0.128. The van der Waals surface area contributed by atoms with Crippen LogP contribution in [0.25, 0.3) is 0 Å². The van der Waals surface area contributed by atoms with Crippen molar-refractivity contribution in [3.63, 3.8) is 0 Å². The molecule has 1 aromatic carbocycles. The summed E-state index contributed by atoms with van der Waals surface area (Å²) in [4.78, 5) is 14.3. The number of carbonyl (C=O) groups is 1. The van der Waals surface area contributed by atoms with Crippen molar-refractivity contribution in [2.24, 2.45) is 11.8 Å². The fraction of sp³-hybridized carbons (Fsp3) is 0.630. The van der Waals surface area contributed by atoms with E-state index in [2.05, 4.69) is 13.6 Å². The van der Waals surface area contributed by atoms with Gasteiger partial charge in [-0.15, -0.1) is 0 Å². The predicted octanol–water partition coefficient (Wildman–Crippen LogP) is 7.37. The van der Waals surface area contributed by atoms with E-state index in [0.29, 0.717) is 6.42 Å². The molecule has 1 amide bonds. The highest BCUT2D eigenvalue weighted by molar-refractivity contribution is 5.79. The lowest BCUT2D eigenvalue weighted by Crippen LogP contribution is -2.36. The molecular weight excluding hydrogens is 406 g/mol. The number of carbonyl (C=O) groups excluding carboxylic acids is 1. The minimum atomic E-state index is -2.88. The van der Waals surface area contributed by atoms with Gasteiger partial charge in [0.05, 0.1) is 6.04 Å². The Morgan fingerprint density at radius 3 is 2.38 bits per heavy atom. The number of rotatable bonds is 12. The molecule has 1 saturated heterocycles. The highest BCUT2D eigenvalue weighted by Crippen LogP contribution is 2.47.